The molecule has 7 nitrogen and oxygen atoms in total. The Balaban J connectivity index is 1.78. The number of rotatable bonds is 6. The highest BCUT2D eigenvalue weighted by Gasteiger charge is 2.31. The summed E-state index contributed by atoms with van der Waals surface area (Å²) in [6.45, 7) is 0. The fraction of sp³-hybridized carbons (Fsp3) is 0.0909. The number of nitrogens with zero attached hydrogens (tertiary/aromatic N) is 3. The molecule has 0 saturated heterocycles. The smallest absolute Gasteiger partial charge is 0.406 e. The van der Waals surface area contributed by atoms with Crippen LogP contribution in [0.5, 0.6) is 5.75 Å². The maximum absolute atomic E-state index is 12.3. The lowest BCUT2D eigenvalue weighted by Gasteiger charge is -2.13. The molecule has 3 rings (SSSR count). The Morgan fingerprint density at radius 1 is 1.06 bits per heavy atom. The van der Waals surface area contributed by atoms with E-state index in [4.69, 9.17) is 5.73 Å². The molecule has 33 heavy (non-hydrogen) atoms. The second kappa shape index (κ2) is 9.94. The lowest BCUT2D eigenvalue weighted by molar-refractivity contribution is -0.274. The maximum Gasteiger partial charge on any atom is 0.573 e. The fourth-order valence-corrected chi connectivity index (χ4v) is 3.66. The van der Waals surface area contributed by atoms with Crippen LogP contribution in [-0.2, 0) is 4.79 Å². The molecule has 0 aliphatic heterocycles. The highest BCUT2D eigenvalue weighted by Crippen LogP contribution is 2.35. The number of carbonyl (C=O) groups excluding carboxylic acids is 1. The van der Waals surface area contributed by atoms with Crippen molar-refractivity contribution in [2.24, 2.45) is 0 Å². The molecule has 3 aromatic rings. The number of hydrogen-bond acceptors (Lipinski definition) is 7. The van der Waals surface area contributed by atoms with Crippen molar-refractivity contribution in [2.45, 2.75) is 11.4 Å². The van der Waals surface area contributed by atoms with Crippen molar-refractivity contribution in [3.63, 3.8) is 0 Å². The molecule has 1 aromatic heterocycles. The number of halogens is 3. The Bertz CT molecular complexity index is 1250. The van der Waals surface area contributed by atoms with Crippen LogP contribution < -0.4 is 15.8 Å². The number of anilines is 2. The van der Waals surface area contributed by atoms with Gasteiger partial charge >= 0.3 is 6.36 Å². The van der Waals surface area contributed by atoms with Gasteiger partial charge in [0.1, 0.15) is 34.3 Å². The van der Waals surface area contributed by atoms with Crippen LogP contribution in [0.1, 0.15) is 11.1 Å². The first-order chi connectivity index (χ1) is 15.7. The van der Waals surface area contributed by atoms with Gasteiger partial charge in [-0.1, -0.05) is 42.1 Å². The summed E-state index contributed by atoms with van der Waals surface area (Å²) in [4.78, 5) is 16.4. The first kappa shape index (κ1) is 23.4. The summed E-state index contributed by atoms with van der Waals surface area (Å²) >= 11 is 0.944. The van der Waals surface area contributed by atoms with Crippen LogP contribution >= 0.6 is 11.8 Å². The first-order valence-electron chi connectivity index (χ1n) is 9.19. The van der Waals surface area contributed by atoms with Gasteiger partial charge in [0.25, 0.3) is 0 Å². The third kappa shape index (κ3) is 5.93. The summed E-state index contributed by atoms with van der Waals surface area (Å²) < 4.78 is 40.5. The van der Waals surface area contributed by atoms with Crippen molar-refractivity contribution in [1.82, 2.24) is 4.98 Å². The predicted octanol–water partition coefficient (Wildman–Crippen LogP) is 4.70. The summed E-state index contributed by atoms with van der Waals surface area (Å²) in [6.07, 6.45) is -4.81. The number of hydrogen-bond donors (Lipinski definition) is 2. The van der Waals surface area contributed by atoms with E-state index in [0.717, 1.165) is 23.9 Å². The molecule has 0 bridgehead atoms. The van der Waals surface area contributed by atoms with Crippen molar-refractivity contribution >= 4 is 29.2 Å². The number of amides is 1. The molecular formula is C22H14F3N5O2S. The van der Waals surface area contributed by atoms with Gasteiger partial charge in [0.05, 0.1) is 11.3 Å². The second-order valence-corrected chi connectivity index (χ2v) is 7.39. The average molecular weight is 469 g/mol. The van der Waals surface area contributed by atoms with Crippen LogP contribution in [0.3, 0.4) is 0 Å². The molecule has 0 aliphatic rings. The summed E-state index contributed by atoms with van der Waals surface area (Å²) in [5.74, 6) is -1.14. The van der Waals surface area contributed by atoms with E-state index in [1.54, 1.807) is 30.3 Å². The molecule has 0 aliphatic carbocycles. The highest BCUT2D eigenvalue weighted by atomic mass is 32.2. The Morgan fingerprint density at radius 2 is 1.70 bits per heavy atom. The number of benzene rings is 2. The number of nitrogens with two attached hydrogens (primary N) is 1. The van der Waals surface area contributed by atoms with Crippen LogP contribution in [0.15, 0.2) is 59.6 Å². The van der Waals surface area contributed by atoms with E-state index in [1.165, 1.54) is 12.1 Å². The Kier molecular flexibility index (Phi) is 7.06. The molecule has 0 atom stereocenters. The van der Waals surface area contributed by atoms with E-state index in [2.05, 4.69) is 15.0 Å². The van der Waals surface area contributed by atoms with Gasteiger partial charge in [0.15, 0.2) is 0 Å². The number of nitrogens with one attached hydrogen (secondary N) is 1. The molecule has 0 radical (unpaired) electrons. The van der Waals surface area contributed by atoms with Crippen molar-refractivity contribution in [3.8, 4) is 29.0 Å². The lowest BCUT2D eigenvalue weighted by atomic mass is 9.97. The molecule has 2 aromatic carbocycles. The SMILES string of the molecule is N#Cc1c(N)nc(SCC(=O)Nc2ccc(OC(F)(F)F)cc2)c(C#N)c1-c1ccccc1. The number of nitrogen functional groups attached to an aromatic ring is 1. The summed E-state index contributed by atoms with van der Waals surface area (Å²) in [6, 6.07) is 17.4. The third-order valence-corrected chi connectivity index (χ3v) is 5.17. The standard InChI is InChI=1S/C22H14F3N5O2S/c23-22(24,25)32-15-8-6-14(7-9-15)29-18(31)12-33-21-17(11-27)19(13-4-2-1-3-5-13)16(10-26)20(28)30-21/h1-9H,12H2,(H2,28,30)(H,29,31). The van der Waals surface area contributed by atoms with Gasteiger partial charge in [0, 0.05) is 11.3 Å². The highest BCUT2D eigenvalue weighted by molar-refractivity contribution is 8.00. The molecule has 0 saturated carbocycles. The second-order valence-electron chi connectivity index (χ2n) is 6.43. The van der Waals surface area contributed by atoms with Crippen LogP contribution in [0.25, 0.3) is 11.1 Å². The number of alkyl halides is 3. The van der Waals surface area contributed by atoms with Crippen molar-refractivity contribution in [3.05, 3.63) is 65.7 Å². The van der Waals surface area contributed by atoms with Crippen molar-refractivity contribution < 1.29 is 22.7 Å². The van der Waals surface area contributed by atoms with E-state index in [9.17, 15) is 28.5 Å². The van der Waals surface area contributed by atoms with E-state index < -0.39 is 18.0 Å². The molecule has 1 amide bonds. The molecule has 0 unspecified atom stereocenters. The molecular weight excluding hydrogens is 455 g/mol. The summed E-state index contributed by atoms with van der Waals surface area (Å²) in [7, 11) is 0. The Labute approximate surface area is 190 Å². The molecule has 0 fully saturated rings. The number of carbonyl (C=O) groups is 1. The van der Waals surface area contributed by atoms with E-state index >= 15 is 0 Å². The number of ether oxygens (including phenoxy) is 1. The molecule has 11 heteroatoms. The van der Waals surface area contributed by atoms with Gasteiger partial charge in [0.2, 0.25) is 5.91 Å². The minimum atomic E-state index is -4.81. The fourth-order valence-electron chi connectivity index (χ4n) is 2.87. The normalized spacial score (nSPS) is 10.7. The number of aromatic nitrogens is 1. The number of thioether (sulfide) groups is 1. The Morgan fingerprint density at radius 3 is 2.27 bits per heavy atom. The number of nitriles is 2. The summed E-state index contributed by atoms with van der Waals surface area (Å²) in [5, 5.41) is 22.0. The van der Waals surface area contributed by atoms with E-state index in [-0.39, 0.29) is 33.4 Å². The zero-order chi connectivity index (χ0) is 24.0. The van der Waals surface area contributed by atoms with Gasteiger partial charge < -0.3 is 15.8 Å². The van der Waals surface area contributed by atoms with Gasteiger partial charge in [-0.15, -0.1) is 13.2 Å². The van der Waals surface area contributed by atoms with Crippen LogP contribution in [0.4, 0.5) is 24.7 Å². The third-order valence-electron chi connectivity index (χ3n) is 4.19. The first-order valence-corrected chi connectivity index (χ1v) is 10.2. The minimum absolute atomic E-state index is 0.0627. The topological polar surface area (TPSA) is 125 Å². The van der Waals surface area contributed by atoms with Crippen LogP contribution in [0, 0.1) is 22.7 Å². The Hall–Kier alpha value is -4.22. The minimum Gasteiger partial charge on any atom is -0.406 e. The van der Waals surface area contributed by atoms with E-state index in [1.807, 2.05) is 12.1 Å². The average Bonchev–Trinajstić information content (AvgIpc) is 2.78. The summed E-state index contributed by atoms with van der Waals surface area (Å²) in [5.41, 5.74) is 7.30. The van der Waals surface area contributed by atoms with Crippen molar-refractivity contribution in [2.75, 3.05) is 16.8 Å². The quantitative estimate of drug-likeness (QED) is 0.501. The molecule has 166 valence electrons. The zero-order valence-electron chi connectivity index (χ0n) is 16.7. The van der Waals surface area contributed by atoms with Gasteiger partial charge in [-0.2, -0.15) is 10.5 Å². The molecule has 1 heterocycles. The maximum atomic E-state index is 12.3. The van der Waals surface area contributed by atoms with Gasteiger partial charge in [-0.3, -0.25) is 4.79 Å². The van der Waals surface area contributed by atoms with Crippen molar-refractivity contribution in [1.29, 1.82) is 10.5 Å². The molecule has 0 spiro atoms. The van der Waals surface area contributed by atoms with Crippen LogP contribution in [0.2, 0.25) is 0 Å². The van der Waals surface area contributed by atoms with Gasteiger partial charge in [-0.05, 0) is 29.8 Å². The monoisotopic (exact) mass is 469 g/mol. The van der Waals surface area contributed by atoms with Crippen LogP contribution in [-0.4, -0.2) is 23.0 Å². The largest absolute Gasteiger partial charge is 0.573 e. The molecule has 3 N–H and O–H groups in total. The van der Waals surface area contributed by atoms with E-state index in [0.29, 0.717) is 11.1 Å². The lowest BCUT2D eigenvalue weighted by Crippen LogP contribution is -2.17. The number of pyridine rings is 1. The van der Waals surface area contributed by atoms with Gasteiger partial charge in [-0.25, -0.2) is 4.98 Å². The predicted molar refractivity (Wildman–Crippen MR) is 116 cm³/mol. The zero-order valence-corrected chi connectivity index (χ0v) is 17.5.